The zero-order valence-corrected chi connectivity index (χ0v) is 16.6. The molecule has 1 aliphatic carbocycles. The largest absolute Gasteiger partial charge is 0.418 e. The Morgan fingerprint density at radius 1 is 1.14 bits per heavy atom. The van der Waals surface area contributed by atoms with Gasteiger partial charge in [-0.1, -0.05) is 23.9 Å². The summed E-state index contributed by atoms with van der Waals surface area (Å²) in [7, 11) is 0. The average molecular weight is 425 g/mol. The van der Waals surface area contributed by atoms with E-state index in [1.165, 1.54) is 36.4 Å². The molecule has 156 valence electrons. The van der Waals surface area contributed by atoms with E-state index in [0.29, 0.717) is 11.2 Å². The van der Waals surface area contributed by atoms with Crippen LogP contribution in [0.15, 0.2) is 29.4 Å². The van der Waals surface area contributed by atoms with Gasteiger partial charge in [-0.25, -0.2) is 0 Å². The van der Waals surface area contributed by atoms with Gasteiger partial charge in [0, 0.05) is 19.1 Å². The van der Waals surface area contributed by atoms with Crippen LogP contribution in [0, 0.1) is 0 Å². The SMILES string of the molecule is O=C(CSc1nnc(N2CCCCC2)n1C1CC1)Nc1ccccc1C(F)(F)F. The van der Waals surface area contributed by atoms with Gasteiger partial charge >= 0.3 is 6.18 Å². The molecule has 2 aliphatic rings. The van der Waals surface area contributed by atoms with E-state index in [2.05, 4.69) is 25.0 Å². The molecular formula is C19H22F3N5OS. The number of benzene rings is 1. The molecule has 0 bridgehead atoms. The molecule has 1 saturated carbocycles. The quantitative estimate of drug-likeness (QED) is 0.697. The molecule has 0 unspecified atom stereocenters. The number of carbonyl (C=O) groups is 1. The first-order chi connectivity index (χ1) is 13.9. The fourth-order valence-corrected chi connectivity index (χ4v) is 4.29. The third-order valence-electron chi connectivity index (χ3n) is 5.04. The zero-order valence-electron chi connectivity index (χ0n) is 15.8. The van der Waals surface area contributed by atoms with Crippen molar-refractivity contribution in [3.05, 3.63) is 29.8 Å². The molecule has 1 aromatic heterocycles. The van der Waals surface area contributed by atoms with Gasteiger partial charge in [0.1, 0.15) is 0 Å². The number of aromatic nitrogens is 3. The van der Waals surface area contributed by atoms with E-state index in [4.69, 9.17) is 0 Å². The Balaban J connectivity index is 1.43. The van der Waals surface area contributed by atoms with Gasteiger partial charge in [0.05, 0.1) is 17.0 Å². The lowest BCUT2D eigenvalue weighted by molar-refractivity contribution is -0.137. The van der Waals surface area contributed by atoms with Crippen LogP contribution in [0.4, 0.5) is 24.8 Å². The summed E-state index contributed by atoms with van der Waals surface area (Å²) >= 11 is 1.21. The van der Waals surface area contributed by atoms with Crippen LogP contribution >= 0.6 is 11.8 Å². The second kappa shape index (κ2) is 8.25. The summed E-state index contributed by atoms with van der Waals surface area (Å²) in [6.45, 7) is 1.90. The second-order valence-electron chi connectivity index (χ2n) is 7.31. The summed E-state index contributed by atoms with van der Waals surface area (Å²) in [5.41, 5.74) is -1.09. The molecule has 4 rings (SSSR count). The lowest BCUT2D eigenvalue weighted by Gasteiger charge is -2.27. The number of nitrogens with one attached hydrogen (secondary N) is 1. The van der Waals surface area contributed by atoms with Crippen LogP contribution in [0.1, 0.15) is 43.7 Å². The number of carbonyl (C=O) groups excluding carboxylic acids is 1. The van der Waals surface area contributed by atoms with E-state index in [0.717, 1.165) is 50.8 Å². The number of rotatable bonds is 6. The standard InChI is InChI=1S/C19H22F3N5OS/c20-19(21,22)14-6-2-3-7-15(14)23-16(28)12-29-18-25-24-17(27(18)13-8-9-13)26-10-4-1-5-11-26/h2-3,6-7,13H,1,4-5,8-12H2,(H,23,28). The van der Waals surface area contributed by atoms with Gasteiger partial charge in [-0.2, -0.15) is 13.2 Å². The number of piperidine rings is 1. The minimum atomic E-state index is -4.52. The number of hydrogen-bond donors (Lipinski definition) is 1. The number of alkyl halides is 3. The van der Waals surface area contributed by atoms with Crippen LogP contribution in [0.25, 0.3) is 0 Å². The number of amides is 1. The van der Waals surface area contributed by atoms with Gasteiger partial charge in [0.25, 0.3) is 0 Å². The van der Waals surface area contributed by atoms with E-state index >= 15 is 0 Å². The minimum Gasteiger partial charge on any atom is -0.341 e. The number of thioether (sulfide) groups is 1. The predicted octanol–water partition coefficient (Wildman–Crippen LogP) is 4.35. The van der Waals surface area contributed by atoms with Gasteiger partial charge < -0.3 is 10.2 Å². The highest BCUT2D eigenvalue weighted by Gasteiger charge is 2.34. The molecule has 10 heteroatoms. The Bertz CT molecular complexity index is 875. The highest BCUT2D eigenvalue weighted by Crippen LogP contribution is 2.41. The first kappa shape index (κ1) is 20.1. The van der Waals surface area contributed by atoms with Gasteiger partial charge in [0.2, 0.25) is 11.9 Å². The molecule has 1 N–H and O–H groups in total. The Kier molecular flexibility index (Phi) is 5.71. The molecule has 1 amide bonds. The first-order valence-electron chi connectivity index (χ1n) is 9.72. The van der Waals surface area contributed by atoms with Gasteiger partial charge in [-0.05, 0) is 44.2 Å². The van der Waals surface area contributed by atoms with Crippen LogP contribution in [0.5, 0.6) is 0 Å². The predicted molar refractivity (Wildman–Crippen MR) is 105 cm³/mol. The van der Waals surface area contributed by atoms with Crippen molar-refractivity contribution in [2.45, 2.75) is 49.5 Å². The zero-order chi connectivity index (χ0) is 20.4. The van der Waals surface area contributed by atoms with Crippen molar-refractivity contribution >= 4 is 29.3 Å². The third kappa shape index (κ3) is 4.68. The molecule has 2 fully saturated rings. The van der Waals surface area contributed by atoms with Crippen LogP contribution in [-0.4, -0.2) is 39.5 Å². The Hall–Kier alpha value is -2.23. The summed E-state index contributed by atoms with van der Waals surface area (Å²) in [5, 5.41) is 11.6. The van der Waals surface area contributed by atoms with E-state index in [9.17, 15) is 18.0 Å². The smallest absolute Gasteiger partial charge is 0.341 e. The molecule has 0 spiro atoms. The van der Waals surface area contributed by atoms with Crippen molar-refractivity contribution in [1.29, 1.82) is 0 Å². The molecule has 2 aromatic rings. The summed E-state index contributed by atoms with van der Waals surface area (Å²) in [6.07, 6.45) is 1.05. The van der Waals surface area contributed by atoms with Crippen molar-refractivity contribution in [2.24, 2.45) is 0 Å². The number of para-hydroxylation sites is 1. The maximum atomic E-state index is 13.1. The Morgan fingerprint density at radius 2 is 1.86 bits per heavy atom. The Labute approximate surface area is 170 Å². The minimum absolute atomic E-state index is 0.0307. The van der Waals surface area contributed by atoms with Crippen molar-refractivity contribution in [2.75, 3.05) is 29.1 Å². The topological polar surface area (TPSA) is 63.1 Å². The molecule has 1 aromatic carbocycles. The van der Waals surface area contributed by atoms with Crippen molar-refractivity contribution in [3.8, 4) is 0 Å². The van der Waals surface area contributed by atoms with Crippen molar-refractivity contribution in [3.63, 3.8) is 0 Å². The summed E-state index contributed by atoms with van der Waals surface area (Å²) < 4.78 is 41.4. The van der Waals surface area contributed by atoms with Crippen LogP contribution in [0.3, 0.4) is 0 Å². The normalized spacial score (nSPS) is 17.4. The lowest BCUT2D eigenvalue weighted by Crippen LogP contribution is -2.32. The fourth-order valence-electron chi connectivity index (χ4n) is 3.49. The van der Waals surface area contributed by atoms with Gasteiger partial charge in [0.15, 0.2) is 5.16 Å². The first-order valence-corrected chi connectivity index (χ1v) is 10.7. The number of anilines is 2. The molecule has 0 atom stereocenters. The molecule has 6 nitrogen and oxygen atoms in total. The van der Waals surface area contributed by atoms with Crippen LogP contribution in [-0.2, 0) is 11.0 Å². The van der Waals surface area contributed by atoms with Gasteiger partial charge in [-0.3, -0.25) is 9.36 Å². The Morgan fingerprint density at radius 3 is 2.55 bits per heavy atom. The van der Waals surface area contributed by atoms with E-state index in [1.807, 2.05) is 0 Å². The van der Waals surface area contributed by atoms with Crippen molar-refractivity contribution < 1.29 is 18.0 Å². The number of hydrogen-bond acceptors (Lipinski definition) is 5. The molecule has 29 heavy (non-hydrogen) atoms. The average Bonchev–Trinajstić information content (AvgIpc) is 3.45. The van der Waals surface area contributed by atoms with Crippen LogP contribution < -0.4 is 10.2 Å². The highest BCUT2D eigenvalue weighted by molar-refractivity contribution is 7.99. The highest BCUT2D eigenvalue weighted by atomic mass is 32.2. The van der Waals surface area contributed by atoms with E-state index < -0.39 is 17.6 Å². The monoisotopic (exact) mass is 425 g/mol. The fraction of sp³-hybridized carbons (Fsp3) is 0.526. The van der Waals surface area contributed by atoms with Crippen LogP contribution in [0.2, 0.25) is 0 Å². The maximum absolute atomic E-state index is 13.1. The second-order valence-corrected chi connectivity index (χ2v) is 8.25. The summed E-state index contributed by atoms with van der Waals surface area (Å²) in [4.78, 5) is 14.5. The van der Waals surface area contributed by atoms with Gasteiger partial charge in [-0.15, -0.1) is 10.2 Å². The summed E-state index contributed by atoms with van der Waals surface area (Å²) in [6, 6.07) is 5.32. The van der Waals surface area contributed by atoms with Crippen molar-refractivity contribution in [1.82, 2.24) is 14.8 Å². The number of nitrogens with zero attached hydrogens (tertiary/aromatic N) is 4. The molecule has 0 radical (unpaired) electrons. The number of halogens is 3. The lowest BCUT2D eigenvalue weighted by atomic mass is 10.1. The molecule has 1 saturated heterocycles. The maximum Gasteiger partial charge on any atom is 0.418 e. The van der Waals surface area contributed by atoms with E-state index in [1.54, 1.807) is 0 Å². The molecular weight excluding hydrogens is 403 g/mol. The third-order valence-corrected chi connectivity index (χ3v) is 5.98. The summed E-state index contributed by atoms with van der Waals surface area (Å²) in [5.74, 6) is 0.311. The molecule has 1 aliphatic heterocycles. The molecule has 2 heterocycles. The van der Waals surface area contributed by atoms with E-state index in [-0.39, 0.29) is 11.4 Å².